The fourth-order valence-electron chi connectivity index (χ4n) is 3.26. The van der Waals surface area contributed by atoms with Gasteiger partial charge in [0.15, 0.2) is 0 Å². The van der Waals surface area contributed by atoms with Gasteiger partial charge in [0.05, 0.1) is 11.6 Å². The van der Waals surface area contributed by atoms with Crippen LogP contribution in [0.5, 0.6) is 0 Å². The Kier molecular flexibility index (Phi) is 6.29. The average Bonchev–Trinajstić information content (AvgIpc) is 3.05. The molecule has 3 rings (SSSR count). The number of nitrogens with one attached hydrogen (secondary N) is 1. The molecule has 0 aliphatic carbocycles. The van der Waals surface area contributed by atoms with Crippen molar-refractivity contribution in [3.63, 3.8) is 0 Å². The fraction of sp³-hybridized carbons (Fsp3) is 0.381. The highest BCUT2D eigenvalue weighted by Crippen LogP contribution is 2.29. The molecule has 6 heteroatoms. The Hall–Kier alpha value is -2.18. The Morgan fingerprint density at radius 1 is 1.41 bits per heavy atom. The second kappa shape index (κ2) is 8.67. The zero-order chi connectivity index (χ0) is 19.4. The molecule has 1 aliphatic heterocycles. The highest BCUT2D eigenvalue weighted by molar-refractivity contribution is 8.21. The highest BCUT2D eigenvalue weighted by atomic mass is 32.2. The summed E-state index contributed by atoms with van der Waals surface area (Å²) < 4.78 is 0. The number of anilines is 1. The molecule has 1 amide bonds. The molecule has 2 aromatic rings. The molecule has 27 heavy (non-hydrogen) atoms. The molecule has 0 radical (unpaired) electrons. The number of pyridine rings is 1. The largest absolute Gasteiger partial charge is 0.310 e. The number of carbonyl (C=O) groups is 1. The van der Waals surface area contributed by atoms with Crippen LogP contribution in [0, 0.1) is 0 Å². The van der Waals surface area contributed by atoms with Crippen LogP contribution in [0.4, 0.5) is 5.82 Å². The number of thioether (sulfide) groups is 1. The summed E-state index contributed by atoms with van der Waals surface area (Å²) in [5.41, 5.74) is 1.05. The number of carbonyl (C=O) groups excluding carboxylic acids is 1. The minimum Gasteiger partial charge on any atom is -0.310 e. The molecule has 1 aliphatic rings. The molecule has 1 atom stereocenters. The second-order valence-corrected chi connectivity index (χ2v) is 8.20. The number of fused-ring (bicyclic) bond motifs is 1. The molecule has 142 valence electrons. The normalized spacial score (nSPS) is 18.0. The quantitative estimate of drug-likeness (QED) is 0.615. The van der Waals surface area contributed by atoms with Gasteiger partial charge < -0.3 is 5.32 Å². The third-order valence-corrected chi connectivity index (χ3v) is 5.89. The van der Waals surface area contributed by atoms with E-state index in [-0.39, 0.29) is 5.91 Å². The molecule has 0 spiro atoms. The van der Waals surface area contributed by atoms with Crippen LogP contribution < -0.4 is 5.32 Å². The van der Waals surface area contributed by atoms with Crippen LogP contribution in [0.1, 0.15) is 32.3 Å². The first kappa shape index (κ1) is 19.6. The summed E-state index contributed by atoms with van der Waals surface area (Å²) in [5.74, 6) is 0.572. The van der Waals surface area contributed by atoms with Gasteiger partial charge in [-0.1, -0.05) is 30.5 Å². The van der Waals surface area contributed by atoms with Gasteiger partial charge in [-0.25, -0.2) is 4.98 Å². The van der Waals surface area contributed by atoms with Crippen LogP contribution in [-0.2, 0) is 4.79 Å². The maximum atomic E-state index is 12.4. The Bertz CT molecular complexity index is 893. The van der Waals surface area contributed by atoms with Crippen molar-refractivity contribution in [2.24, 2.45) is 4.99 Å². The molecule has 1 saturated heterocycles. The lowest BCUT2D eigenvalue weighted by atomic mass is 10.1. The first-order valence-electron chi connectivity index (χ1n) is 9.20. The zero-order valence-electron chi connectivity index (χ0n) is 16.2. The minimum atomic E-state index is -0.0125. The summed E-state index contributed by atoms with van der Waals surface area (Å²) >= 11 is 1.56. The predicted octanol–water partition coefficient (Wildman–Crippen LogP) is 4.41. The number of aliphatic imine (C=N–C) groups is 1. The van der Waals surface area contributed by atoms with Gasteiger partial charge in [0.2, 0.25) is 5.91 Å². The number of likely N-dealkylation sites (tertiary alicyclic amines) is 1. The van der Waals surface area contributed by atoms with Crippen molar-refractivity contribution in [3.05, 3.63) is 42.6 Å². The summed E-state index contributed by atoms with van der Waals surface area (Å²) in [7, 11) is 1.78. The van der Waals surface area contributed by atoms with E-state index in [4.69, 9.17) is 0 Å². The van der Waals surface area contributed by atoms with Crippen LogP contribution in [-0.4, -0.2) is 47.0 Å². The number of aromatic nitrogens is 1. The number of nitrogens with zero attached hydrogens (tertiary/aromatic N) is 3. The lowest BCUT2D eigenvalue weighted by Gasteiger charge is -2.19. The van der Waals surface area contributed by atoms with E-state index in [2.05, 4.69) is 39.8 Å². The third kappa shape index (κ3) is 4.96. The lowest BCUT2D eigenvalue weighted by Crippen LogP contribution is -2.35. The van der Waals surface area contributed by atoms with Crippen LogP contribution in [0.2, 0.25) is 0 Å². The summed E-state index contributed by atoms with van der Waals surface area (Å²) in [6, 6.07) is 8.53. The maximum absolute atomic E-state index is 12.4. The van der Waals surface area contributed by atoms with Gasteiger partial charge in [0.25, 0.3) is 0 Å². The molecular weight excluding hydrogens is 356 g/mol. The van der Waals surface area contributed by atoms with Gasteiger partial charge in [-0.15, -0.1) is 0 Å². The summed E-state index contributed by atoms with van der Waals surface area (Å²) in [6.45, 7) is 9.70. The van der Waals surface area contributed by atoms with E-state index in [0.717, 1.165) is 45.7 Å². The van der Waals surface area contributed by atoms with E-state index >= 15 is 0 Å². The van der Waals surface area contributed by atoms with Crippen LogP contribution in [0.25, 0.3) is 15.7 Å². The minimum absolute atomic E-state index is 0.0125. The predicted molar refractivity (Wildman–Crippen MR) is 116 cm³/mol. The van der Waals surface area contributed by atoms with Crippen molar-refractivity contribution < 1.29 is 4.79 Å². The van der Waals surface area contributed by atoms with Gasteiger partial charge in [-0.3, -0.25) is 14.7 Å². The third-order valence-electron chi connectivity index (χ3n) is 4.93. The summed E-state index contributed by atoms with van der Waals surface area (Å²) in [6.07, 6.45) is 4.12. The Balaban J connectivity index is 1.73. The van der Waals surface area contributed by atoms with Gasteiger partial charge in [0.1, 0.15) is 5.82 Å². The Labute approximate surface area is 165 Å². The zero-order valence-corrected chi connectivity index (χ0v) is 17.0. The number of amides is 1. The van der Waals surface area contributed by atoms with Crippen molar-refractivity contribution in [2.75, 3.05) is 25.5 Å². The molecule has 2 heterocycles. The van der Waals surface area contributed by atoms with E-state index in [1.807, 2.05) is 25.1 Å². The first-order valence-corrected chi connectivity index (χ1v) is 10.0. The average molecular weight is 383 g/mol. The van der Waals surface area contributed by atoms with Crippen molar-refractivity contribution >= 4 is 44.2 Å². The summed E-state index contributed by atoms with van der Waals surface area (Å²) in [5, 5.41) is 5.96. The SMILES string of the molecule is C=C(SC(C)=NC)c1ccc2cnc(NC(=O)CN3CCC[C@H]3C)cc2c1. The molecule has 1 aromatic heterocycles. The lowest BCUT2D eigenvalue weighted by molar-refractivity contribution is -0.117. The van der Waals surface area contributed by atoms with Gasteiger partial charge in [-0.05, 0) is 56.3 Å². The Morgan fingerprint density at radius 2 is 2.22 bits per heavy atom. The molecule has 1 aromatic carbocycles. The topological polar surface area (TPSA) is 57.6 Å². The van der Waals surface area contributed by atoms with E-state index in [1.54, 1.807) is 25.0 Å². The highest BCUT2D eigenvalue weighted by Gasteiger charge is 2.22. The Morgan fingerprint density at radius 3 is 2.93 bits per heavy atom. The molecule has 0 unspecified atom stereocenters. The molecule has 5 nitrogen and oxygen atoms in total. The second-order valence-electron chi connectivity index (χ2n) is 6.91. The van der Waals surface area contributed by atoms with Crippen molar-refractivity contribution in [1.82, 2.24) is 9.88 Å². The van der Waals surface area contributed by atoms with Crippen LogP contribution >= 0.6 is 11.8 Å². The molecular formula is C21H26N4OS. The molecule has 0 bridgehead atoms. The standard InChI is InChI=1S/C21H26N4OS/c1-14-6-5-9-25(14)13-21(26)24-20-11-19-10-17(7-8-18(19)12-23-20)15(2)27-16(3)22-4/h7-8,10-12,14H,2,5-6,9,13H2,1,3-4H3,(H,23,24,26)/t14-/m1/s1. The summed E-state index contributed by atoms with van der Waals surface area (Å²) in [4.78, 5) is 24.1. The number of hydrogen-bond donors (Lipinski definition) is 1. The smallest absolute Gasteiger partial charge is 0.239 e. The van der Waals surface area contributed by atoms with Crippen molar-refractivity contribution in [2.45, 2.75) is 32.7 Å². The first-order chi connectivity index (χ1) is 13.0. The van der Waals surface area contributed by atoms with Gasteiger partial charge in [0, 0.05) is 29.6 Å². The van der Waals surface area contributed by atoms with Crippen molar-refractivity contribution in [3.8, 4) is 0 Å². The maximum Gasteiger partial charge on any atom is 0.239 e. The number of hydrogen-bond acceptors (Lipinski definition) is 5. The molecule has 0 saturated carbocycles. The number of rotatable bonds is 5. The number of benzene rings is 1. The van der Waals surface area contributed by atoms with Gasteiger partial charge in [-0.2, -0.15) is 0 Å². The van der Waals surface area contributed by atoms with Gasteiger partial charge >= 0.3 is 0 Å². The fourth-order valence-corrected chi connectivity index (χ4v) is 3.95. The van der Waals surface area contributed by atoms with Crippen LogP contribution in [0.3, 0.4) is 0 Å². The van der Waals surface area contributed by atoms with Crippen molar-refractivity contribution in [1.29, 1.82) is 0 Å². The van der Waals surface area contributed by atoms with E-state index in [9.17, 15) is 4.79 Å². The molecule has 1 fully saturated rings. The van der Waals surface area contributed by atoms with E-state index in [0.29, 0.717) is 18.4 Å². The monoisotopic (exact) mass is 382 g/mol. The molecule has 1 N–H and O–H groups in total. The van der Waals surface area contributed by atoms with Crippen LogP contribution in [0.15, 0.2) is 42.0 Å². The van der Waals surface area contributed by atoms with E-state index < -0.39 is 0 Å². The van der Waals surface area contributed by atoms with E-state index in [1.165, 1.54) is 0 Å².